The van der Waals surface area contributed by atoms with Crippen LogP contribution in [-0.4, -0.2) is 49.5 Å². The molecular weight excluding hydrogens is 340 g/mol. The summed E-state index contributed by atoms with van der Waals surface area (Å²) in [6, 6.07) is 10.3. The molecule has 0 radical (unpaired) electrons. The Balaban J connectivity index is 1.65. The highest BCUT2D eigenvalue weighted by Crippen LogP contribution is 2.24. The summed E-state index contributed by atoms with van der Waals surface area (Å²) in [7, 11) is 1.63. The summed E-state index contributed by atoms with van der Waals surface area (Å²) in [6.07, 6.45) is 1.88. The molecular formula is C21H28N4O2. The van der Waals surface area contributed by atoms with E-state index < -0.39 is 0 Å². The third-order valence-electron chi connectivity index (χ3n) is 5.17. The summed E-state index contributed by atoms with van der Waals surface area (Å²) in [5, 5.41) is 11.8. The lowest BCUT2D eigenvalue weighted by atomic mass is 9.97. The van der Waals surface area contributed by atoms with Gasteiger partial charge in [0.25, 0.3) is 0 Å². The summed E-state index contributed by atoms with van der Waals surface area (Å²) in [5.74, 6) is 0.908. The van der Waals surface area contributed by atoms with Gasteiger partial charge in [-0.2, -0.15) is 0 Å². The molecule has 6 heteroatoms. The Morgan fingerprint density at radius 1 is 1.22 bits per heavy atom. The van der Waals surface area contributed by atoms with Gasteiger partial charge in [0, 0.05) is 32.3 Å². The molecule has 1 aliphatic heterocycles. The van der Waals surface area contributed by atoms with Crippen molar-refractivity contribution in [3.63, 3.8) is 0 Å². The molecule has 144 valence electrons. The average molecular weight is 368 g/mol. The molecule has 3 rings (SSSR count). The summed E-state index contributed by atoms with van der Waals surface area (Å²) in [5.41, 5.74) is 4.46. The first-order valence-electron chi connectivity index (χ1n) is 9.51. The summed E-state index contributed by atoms with van der Waals surface area (Å²) < 4.78 is 4.99. The Morgan fingerprint density at radius 2 is 2.07 bits per heavy atom. The minimum Gasteiger partial charge on any atom is -0.383 e. The quantitative estimate of drug-likeness (QED) is 0.794. The molecule has 1 amide bonds. The Labute approximate surface area is 160 Å². The monoisotopic (exact) mass is 368 g/mol. The predicted octanol–water partition coefficient (Wildman–Crippen LogP) is 2.74. The second kappa shape index (κ2) is 8.95. The molecule has 6 nitrogen and oxygen atoms in total. The van der Waals surface area contributed by atoms with Crippen LogP contribution in [0.1, 0.15) is 24.0 Å². The SMILES string of the molecule is COCCNC(=O)C1CCCN(c2ccc(-c3ccc(C)c(C)c3)nn2)C1. The van der Waals surface area contributed by atoms with Crippen molar-refractivity contribution in [1.82, 2.24) is 15.5 Å². The molecule has 2 aromatic rings. The highest BCUT2D eigenvalue weighted by molar-refractivity contribution is 5.79. The van der Waals surface area contributed by atoms with Crippen molar-refractivity contribution in [1.29, 1.82) is 0 Å². The van der Waals surface area contributed by atoms with Gasteiger partial charge in [0.1, 0.15) is 0 Å². The molecule has 1 aliphatic rings. The number of hydrogen-bond donors (Lipinski definition) is 1. The Bertz CT molecular complexity index is 776. The van der Waals surface area contributed by atoms with Crippen LogP contribution in [0.5, 0.6) is 0 Å². The number of nitrogens with zero attached hydrogens (tertiary/aromatic N) is 3. The van der Waals surface area contributed by atoms with Crippen molar-refractivity contribution in [3.8, 4) is 11.3 Å². The summed E-state index contributed by atoms with van der Waals surface area (Å²) in [4.78, 5) is 14.5. The summed E-state index contributed by atoms with van der Waals surface area (Å²) in [6.45, 7) is 6.87. The van der Waals surface area contributed by atoms with Crippen LogP contribution in [-0.2, 0) is 9.53 Å². The van der Waals surface area contributed by atoms with Crippen molar-refractivity contribution < 1.29 is 9.53 Å². The van der Waals surface area contributed by atoms with Crippen LogP contribution in [0, 0.1) is 19.8 Å². The minimum absolute atomic E-state index is 0.0168. The first-order valence-corrected chi connectivity index (χ1v) is 9.51. The number of rotatable bonds is 6. The number of benzene rings is 1. The van der Waals surface area contributed by atoms with Gasteiger partial charge >= 0.3 is 0 Å². The van der Waals surface area contributed by atoms with Crippen molar-refractivity contribution in [2.24, 2.45) is 5.92 Å². The van der Waals surface area contributed by atoms with Crippen LogP contribution >= 0.6 is 0 Å². The number of carbonyl (C=O) groups is 1. The van der Waals surface area contributed by atoms with E-state index in [0.717, 1.165) is 36.5 Å². The standard InChI is InChI=1S/C21H28N4O2/c1-15-6-7-17(13-16(15)2)19-8-9-20(24-23-19)25-11-4-5-18(14-25)21(26)22-10-12-27-3/h6-9,13,18H,4-5,10-12,14H2,1-3H3,(H,22,26). The van der Waals surface area contributed by atoms with Gasteiger partial charge in [-0.1, -0.05) is 12.1 Å². The molecule has 2 heterocycles. The van der Waals surface area contributed by atoms with E-state index >= 15 is 0 Å². The van der Waals surface area contributed by atoms with Gasteiger partial charge in [0.15, 0.2) is 5.82 Å². The molecule has 27 heavy (non-hydrogen) atoms. The molecule has 0 bridgehead atoms. The first kappa shape index (κ1) is 19.3. The second-order valence-electron chi connectivity index (χ2n) is 7.14. The topological polar surface area (TPSA) is 67.3 Å². The number of nitrogens with one attached hydrogen (secondary N) is 1. The molecule has 1 aromatic carbocycles. The minimum atomic E-state index is -0.0168. The van der Waals surface area contributed by atoms with Gasteiger partial charge in [0.2, 0.25) is 5.91 Å². The number of anilines is 1. The maximum Gasteiger partial charge on any atom is 0.224 e. The zero-order valence-corrected chi connectivity index (χ0v) is 16.4. The maximum atomic E-state index is 12.3. The van der Waals surface area contributed by atoms with Crippen molar-refractivity contribution in [3.05, 3.63) is 41.5 Å². The van der Waals surface area contributed by atoms with Gasteiger partial charge in [-0.25, -0.2) is 0 Å². The van der Waals surface area contributed by atoms with E-state index in [2.05, 4.69) is 52.5 Å². The van der Waals surface area contributed by atoms with E-state index in [1.807, 2.05) is 12.1 Å². The fourth-order valence-corrected chi connectivity index (χ4v) is 3.37. The number of amides is 1. The number of carbonyl (C=O) groups excluding carboxylic acids is 1. The fraction of sp³-hybridized carbons (Fsp3) is 0.476. The van der Waals surface area contributed by atoms with E-state index in [9.17, 15) is 4.79 Å². The number of piperidine rings is 1. The lowest BCUT2D eigenvalue weighted by Crippen LogP contribution is -2.44. The molecule has 1 unspecified atom stereocenters. The number of ether oxygens (including phenoxy) is 1. The molecule has 1 fully saturated rings. The van der Waals surface area contributed by atoms with E-state index in [1.165, 1.54) is 11.1 Å². The van der Waals surface area contributed by atoms with Crippen LogP contribution in [0.25, 0.3) is 11.3 Å². The van der Waals surface area contributed by atoms with E-state index in [4.69, 9.17) is 4.74 Å². The number of hydrogen-bond acceptors (Lipinski definition) is 5. The normalized spacial score (nSPS) is 17.0. The first-order chi connectivity index (χ1) is 13.1. The lowest BCUT2D eigenvalue weighted by molar-refractivity contribution is -0.125. The van der Waals surface area contributed by atoms with Crippen LogP contribution in [0.3, 0.4) is 0 Å². The number of aromatic nitrogens is 2. The molecule has 1 N–H and O–H groups in total. The fourth-order valence-electron chi connectivity index (χ4n) is 3.37. The van der Waals surface area contributed by atoms with Gasteiger partial charge in [-0.05, 0) is 56.0 Å². The third kappa shape index (κ3) is 4.83. The van der Waals surface area contributed by atoms with Crippen LogP contribution in [0.2, 0.25) is 0 Å². The average Bonchev–Trinajstić information content (AvgIpc) is 2.70. The lowest BCUT2D eigenvalue weighted by Gasteiger charge is -2.32. The molecule has 1 saturated heterocycles. The van der Waals surface area contributed by atoms with Crippen LogP contribution in [0.15, 0.2) is 30.3 Å². The zero-order valence-electron chi connectivity index (χ0n) is 16.4. The predicted molar refractivity (Wildman–Crippen MR) is 107 cm³/mol. The smallest absolute Gasteiger partial charge is 0.224 e. The van der Waals surface area contributed by atoms with E-state index in [1.54, 1.807) is 7.11 Å². The third-order valence-corrected chi connectivity index (χ3v) is 5.17. The van der Waals surface area contributed by atoms with E-state index in [0.29, 0.717) is 19.7 Å². The molecule has 0 spiro atoms. The maximum absolute atomic E-state index is 12.3. The molecule has 1 aromatic heterocycles. The number of methoxy groups -OCH3 is 1. The van der Waals surface area contributed by atoms with Crippen LogP contribution < -0.4 is 10.2 Å². The van der Waals surface area contributed by atoms with Gasteiger partial charge < -0.3 is 15.0 Å². The number of aryl methyl sites for hydroxylation is 2. The van der Waals surface area contributed by atoms with Gasteiger partial charge in [0.05, 0.1) is 18.2 Å². The van der Waals surface area contributed by atoms with E-state index in [-0.39, 0.29) is 11.8 Å². The van der Waals surface area contributed by atoms with Gasteiger partial charge in [-0.3, -0.25) is 4.79 Å². The van der Waals surface area contributed by atoms with Crippen molar-refractivity contribution in [2.45, 2.75) is 26.7 Å². The Hall–Kier alpha value is -2.47. The molecule has 1 atom stereocenters. The highest BCUT2D eigenvalue weighted by atomic mass is 16.5. The van der Waals surface area contributed by atoms with Gasteiger partial charge in [-0.15, -0.1) is 10.2 Å². The Morgan fingerprint density at radius 3 is 2.78 bits per heavy atom. The summed E-state index contributed by atoms with van der Waals surface area (Å²) >= 11 is 0. The molecule has 0 saturated carbocycles. The van der Waals surface area contributed by atoms with Crippen molar-refractivity contribution in [2.75, 3.05) is 38.3 Å². The van der Waals surface area contributed by atoms with Crippen LogP contribution in [0.4, 0.5) is 5.82 Å². The van der Waals surface area contributed by atoms with Crippen molar-refractivity contribution >= 4 is 11.7 Å². The zero-order chi connectivity index (χ0) is 19.2. The molecule has 0 aliphatic carbocycles. The largest absolute Gasteiger partial charge is 0.383 e. The Kier molecular flexibility index (Phi) is 6.40. The highest BCUT2D eigenvalue weighted by Gasteiger charge is 2.26. The second-order valence-corrected chi connectivity index (χ2v) is 7.14.